The lowest BCUT2D eigenvalue weighted by molar-refractivity contribution is -0.492. The number of esters is 1. The van der Waals surface area contributed by atoms with Gasteiger partial charge in [0.25, 0.3) is 6.04 Å². The molecule has 2 rings (SSSR count). The maximum absolute atomic E-state index is 11.7. The van der Waals surface area contributed by atoms with Gasteiger partial charge in [-0.15, -0.1) is 0 Å². The fourth-order valence-electron chi connectivity index (χ4n) is 2.40. The van der Waals surface area contributed by atoms with Crippen LogP contribution in [-0.4, -0.2) is 39.1 Å². The lowest BCUT2D eigenvalue weighted by atomic mass is 9.93. The van der Waals surface area contributed by atoms with Crippen LogP contribution in [0.25, 0.3) is 0 Å². The highest BCUT2D eigenvalue weighted by molar-refractivity contribution is 6.00. The predicted octanol–water partition coefficient (Wildman–Crippen LogP) is -0.309. The number of hydrogen-bond donors (Lipinski definition) is 1. The monoisotopic (exact) mass is 264 g/mol. The minimum Gasteiger partial charge on any atom is -0.497 e. The highest BCUT2D eigenvalue weighted by atomic mass is 16.5. The number of methoxy groups -OCH3 is 3. The Hall–Kier alpha value is -2.04. The number of rotatable bonds is 3. The van der Waals surface area contributed by atoms with E-state index in [0.717, 1.165) is 22.6 Å². The molecule has 1 aliphatic heterocycles. The van der Waals surface area contributed by atoms with Gasteiger partial charge in [0, 0.05) is 19.4 Å². The average Bonchev–Trinajstić information content (AvgIpc) is 2.44. The van der Waals surface area contributed by atoms with Crippen LogP contribution in [0.5, 0.6) is 11.5 Å². The second-order valence-electron chi connectivity index (χ2n) is 4.41. The summed E-state index contributed by atoms with van der Waals surface area (Å²) in [5, 5.41) is 0. The van der Waals surface area contributed by atoms with Crippen molar-refractivity contribution in [3.63, 3.8) is 0 Å². The number of nitrogens with one attached hydrogen (secondary N) is 1. The number of carbonyl (C=O) groups excluding carboxylic acids is 1. The Labute approximate surface area is 112 Å². The Morgan fingerprint density at radius 1 is 1.26 bits per heavy atom. The Morgan fingerprint density at radius 2 is 2.00 bits per heavy atom. The first-order valence-corrected chi connectivity index (χ1v) is 6.04. The van der Waals surface area contributed by atoms with Gasteiger partial charge in [-0.3, -0.25) is 0 Å². The second-order valence-corrected chi connectivity index (χ2v) is 4.41. The van der Waals surface area contributed by atoms with Crippen LogP contribution >= 0.6 is 0 Å². The summed E-state index contributed by atoms with van der Waals surface area (Å²) in [6, 6.07) is 3.40. The number of hydrogen-bond acceptors (Lipinski definition) is 4. The van der Waals surface area contributed by atoms with E-state index in [0.29, 0.717) is 12.2 Å². The number of benzene rings is 1. The molecule has 0 aliphatic carbocycles. The van der Waals surface area contributed by atoms with Gasteiger partial charge in [-0.1, -0.05) is 0 Å². The van der Waals surface area contributed by atoms with E-state index in [-0.39, 0.29) is 12.0 Å². The zero-order chi connectivity index (χ0) is 14.0. The van der Waals surface area contributed by atoms with Crippen LogP contribution in [0, 0.1) is 0 Å². The number of carbonyl (C=O) groups is 1. The van der Waals surface area contributed by atoms with Crippen LogP contribution in [0.3, 0.4) is 0 Å². The maximum atomic E-state index is 11.7. The minimum absolute atomic E-state index is 0.271. The van der Waals surface area contributed by atoms with Crippen molar-refractivity contribution in [1.82, 2.24) is 0 Å². The summed E-state index contributed by atoms with van der Waals surface area (Å²) in [7, 11) is 4.62. The summed E-state index contributed by atoms with van der Waals surface area (Å²) in [6.45, 7) is 1.92. The Balaban J connectivity index is 2.50. The molecule has 5 heteroatoms. The van der Waals surface area contributed by atoms with Gasteiger partial charge in [-0.2, -0.15) is 0 Å². The molecule has 1 aromatic rings. The van der Waals surface area contributed by atoms with Crippen molar-refractivity contribution in [2.24, 2.45) is 0 Å². The number of fused-ring (bicyclic) bond motifs is 1. The highest BCUT2D eigenvalue weighted by Gasteiger charge is 2.33. The molecule has 1 aliphatic rings. The summed E-state index contributed by atoms with van der Waals surface area (Å²) < 4.78 is 15.4. The standard InChI is InChI=1S/C14H17NO4/c1-8-13-9(6-11(15-8)14(16)19-4)5-10(17-2)7-12(13)18-3/h5,7,11H,6H2,1-4H3/p+1. The minimum atomic E-state index is -0.366. The van der Waals surface area contributed by atoms with E-state index in [9.17, 15) is 4.79 Å². The molecular formula is C14H18NO4+. The molecule has 1 atom stereocenters. The van der Waals surface area contributed by atoms with Gasteiger partial charge in [0.05, 0.1) is 26.9 Å². The molecule has 0 saturated carbocycles. The van der Waals surface area contributed by atoms with Crippen molar-refractivity contribution in [2.45, 2.75) is 19.4 Å². The van der Waals surface area contributed by atoms with Crippen molar-refractivity contribution in [3.8, 4) is 11.5 Å². The van der Waals surface area contributed by atoms with Gasteiger partial charge in [0.2, 0.25) is 0 Å². The second kappa shape index (κ2) is 5.30. The molecule has 1 heterocycles. The summed E-state index contributed by atoms with van der Waals surface area (Å²) in [6.07, 6.45) is 0.549. The summed E-state index contributed by atoms with van der Waals surface area (Å²) in [4.78, 5) is 14.8. The van der Waals surface area contributed by atoms with Gasteiger partial charge in [-0.05, 0) is 11.6 Å². The van der Waals surface area contributed by atoms with E-state index in [1.165, 1.54) is 7.11 Å². The van der Waals surface area contributed by atoms with Gasteiger partial charge >= 0.3 is 5.97 Å². The largest absolute Gasteiger partial charge is 0.497 e. The van der Waals surface area contributed by atoms with Crippen LogP contribution in [0.2, 0.25) is 0 Å². The molecule has 0 spiro atoms. The molecule has 0 bridgehead atoms. The quantitative estimate of drug-likeness (QED) is 0.761. The van der Waals surface area contributed by atoms with Crippen molar-refractivity contribution >= 4 is 11.7 Å². The van der Waals surface area contributed by atoms with E-state index in [1.54, 1.807) is 14.2 Å². The van der Waals surface area contributed by atoms with E-state index in [1.807, 2.05) is 19.1 Å². The van der Waals surface area contributed by atoms with Crippen molar-refractivity contribution in [1.29, 1.82) is 0 Å². The first-order valence-electron chi connectivity index (χ1n) is 6.04. The molecule has 0 amide bonds. The molecule has 5 nitrogen and oxygen atoms in total. The lowest BCUT2D eigenvalue weighted by Gasteiger charge is -2.19. The highest BCUT2D eigenvalue weighted by Crippen LogP contribution is 2.30. The Bertz CT molecular complexity index is 536. The first-order chi connectivity index (χ1) is 9.10. The molecule has 1 N–H and O–H groups in total. The van der Waals surface area contributed by atoms with E-state index in [2.05, 4.69) is 4.99 Å². The Kier molecular flexibility index (Phi) is 3.74. The van der Waals surface area contributed by atoms with Crippen LogP contribution in [-0.2, 0) is 16.0 Å². The zero-order valence-electron chi connectivity index (χ0n) is 11.6. The Morgan fingerprint density at radius 3 is 2.58 bits per heavy atom. The fraction of sp³-hybridized carbons (Fsp3) is 0.429. The van der Waals surface area contributed by atoms with Crippen molar-refractivity contribution < 1.29 is 24.0 Å². The normalized spacial score (nSPS) is 17.3. The van der Waals surface area contributed by atoms with Crippen molar-refractivity contribution in [3.05, 3.63) is 23.3 Å². The smallest absolute Gasteiger partial charge is 0.375 e. The summed E-state index contributed by atoms with van der Waals surface area (Å²) in [5.41, 5.74) is 2.91. The van der Waals surface area contributed by atoms with Gasteiger partial charge in [0.1, 0.15) is 11.5 Å². The maximum Gasteiger partial charge on any atom is 0.375 e. The third-order valence-corrected chi connectivity index (χ3v) is 3.29. The average molecular weight is 264 g/mol. The van der Waals surface area contributed by atoms with Crippen LogP contribution in [0.4, 0.5) is 0 Å². The summed E-state index contributed by atoms with van der Waals surface area (Å²) in [5.74, 6) is 1.18. The van der Waals surface area contributed by atoms with Crippen LogP contribution in [0.1, 0.15) is 18.1 Å². The molecule has 1 aromatic carbocycles. The van der Waals surface area contributed by atoms with Crippen LogP contribution < -0.4 is 14.5 Å². The van der Waals surface area contributed by atoms with Gasteiger partial charge in [-0.25, -0.2) is 9.79 Å². The van der Waals surface area contributed by atoms with E-state index < -0.39 is 0 Å². The molecule has 0 fully saturated rings. The molecule has 19 heavy (non-hydrogen) atoms. The number of ether oxygens (including phenoxy) is 3. The van der Waals surface area contributed by atoms with Crippen LogP contribution in [0.15, 0.2) is 12.1 Å². The molecule has 102 valence electrons. The molecular weight excluding hydrogens is 246 g/mol. The molecule has 1 unspecified atom stereocenters. The molecule has 0 aromatic heterocycles. The van der Waals surface area contributed by atoms with Crippen molar-refractivity contribution in [2.75, 3.05) is 21.3 Å². The predicted molar refractivity (Wildman–Crippen MR) is 69.8 cm³/mol. The zero-order valence-corrected chi connectivity index (χ0v) is 11.6. The topological polar surface area (TPSA) is 58.7 Å². The third-order valence-electron chi connectivity index (χ3n) is 3.29. The lowest BCUT2D eigenvalue weighted by Crippen LogP contribution is -2.84. The van der Waals surface area contributed by atoms with Gasteiger partial charge in [0.15, 0.2) is 5.71 Å². The fourth-order valence-corrected chi connectivity index (χ4v) is 2.40. The third kappa shape index (κ3) is 2.41. The summed E-state index contributed by atoms with van der Waals surface area (Å²) >= 11 is 0. The SMILES string of the molecule is COC(=O)C1Cc2cc(OC)cc(OC)c2C(C)=[NH+]1. The van der Waals surface area contributed by atoms with Gasteiger partial charge < -0.3 is 14.2 Å². The molecule has 0 radical (unpaired) electrons. The van der Waals surface area contributed by atoms with E-state index in [4.69, 9.17) is 14.2 Å². The molecule has 0 saturated heterocycles. The van der Waals surface area contributed by atoms with E-state index >= 15 is 0 Å². The first kappa shape index (κ1) is 13.4.